The molecule has 6 heteroatoms. The van der Waals surface area contributed by atoms with E-state index in [4.69, 9.17) is 4.42 Å². The summed E-state index contributed by atoms with van der Waals surface area (Å²) in [6, 6.07) is 14.9. The van der Waals surface area contributed by atoms with Gasteiger partial charge in [0.2, 0.25) is 5.89 Å². The second kappa shape index (κ2) is 8.98. The zero-order valence-corrected chi connectivity index (χ0v) is 15.5. The fraction of sp³-hybridized carbons (Fsp3) is 0.238. The van der Waals surface area contributed by atoms with Gasteiger partial charge in [0.05, 0.1) is 12.7 Å². The van der Waals surface area contributed by atoms with E-state index in [1.165, 1.54) is 11.6 Å². The van der Waals surface area contributed by atoms with E-state index in [1.807, 2.05) is 37.3 Å². The van der Waals surface area contributed by atoms with E-state index < -0.39 is 0 Å². The number of aromatic nitrogens is 1. The summed E-state index contributed by atoms with van der Waals surface area (Å²) in [7, 11) is 1.69. The van der Waals surface area contributed by atoms with Crippen molar-refractivity contribution in [2.75, 3.05) is 13.6 Å². The van der Waals surface area contributed by atoms with Crippen molar-refractivity contribution in [1.29, 1.82) is 0 Å². The van der Waals surface area contributed by atoms with Crippen molar-refractivity contribution in [2.24, 2.45) is 4.99 Å². The van der Waals surface area contributed by atoms with Crippen LogP contribution >= 0.6 is 0 Å². The van der Waals surface area contributed by atoms with Crippen LogP contribution in [0.15, 0.2) is 64.1 Å². The number of rotatable bonds is 6. The molecular weight excluding hydrogens is 343 g/mol. The van der Waals surface area contributed by atoms with Gasteiger partial charge in [0.25, 0.3) is 0 Å². The molecule has 3 rings (SSSR count). The molecule has 1 aromatic heterocycles. The number of hydrogen-bond donors (Lipinski definition) is 2. The van der Waals surface area contributed by atoms with Gasteiger partial charge in [-0.25, -0.2) is 9.37 Å². The minimum absolute atomic E-state index is 0.189. The lowest BCUT2D eigenvalue weighted by Crippen LogP contribution is -2.38. The summed E-state index contributed by atoms with van der Waals surface area (Å²) in [4.78, 5) is 8.46. The molecule has 0 aliphatic carbocycles. The van der Waals surface area contributed by atoms with E-state index in [0.717, 1.165) is 11.3 Å². The highest BCUT2D eigenvalue weighted by molar-refractivity contribution is 5.79. The van der Waals surface area contributed by atoms with Crippen LogP contribution < -0.4 is 10.6 Å². The fourth-order valence-electron chi connectivity index (χ4n) is 2.64. The van der Waals surface area contributed by atoms with Crippen molar-refractivity contribution >= 4 is 5.96 Å². The first-order chi connectivity index (χ1) is 13.2. The molecule has 1 heterocycles. The van der Waals surface area contributed by atoms with Gasteiger partial charge in [-0.1, -0.05) is 48.0 Å². The molecule has 0 aliphatic rings. The summed E-state index contributed by atoms with van der Waals surface area (Å²) in [6.45, 7) is 3.02. The second-order valence-electron chi connectivity index (χ2n) is 6.18. The lowest BCUT2D eigenvalue weighted by molar-refractivity contribution is 0.497. The average molecular weight is 366 g/mol. The summed E-state index contributed by atoms with van der Waals surface area (Å²) in [5.41, 5.74) is 2.87. The predicted octanol–water partition coefficient (Wildman–Crippen LogP) is 3.70. The van der Waals surface area contributed by atoms with Gasteiger partial charge in [-0.05, 0) is 25.0 Å². The topological polar surface area (TPSA) is 62.5 Å². The molecule has 0 bridgehead atoms. The smallest absolute Gasteiger partial charge is 0.214 e. The Kier molecular flexibility index (Phi) is 6.20. The number of benzene rings is 2. The van der Waals surface area contributed by atoms with Crippen LogP contribution in [0.25, 0.3) is 11.3 Å². The molecule has 0 aliphatic heterocycles. The molecule has 0 unspecified atom stereocenters. The van der Waals surface area contributed by atoms with Crippen LogP contribution in [0.2, 0.25) is 0 Å². The van der Waals surface area contributed by atoms with Gasteiger partial charge in [0.1, 0.15) is 5.82 Å². The van der Waals surface area contributed by atoms with Crippen LogP contribution in [0.3, 0.4) is 0 Å². The first kappa shape index (κ1) is 18.6. The summed E-state index contributed by atoms with van der Waals surface area (Å²) in [5, 5.41) is 6.31. The van der Waals surface area contributed by atoms with E-state index in [0.29, 0.717) is 36.9 Å². The van der Waals surface area contributed by atoms with Crippen LogP contribution in [0.1, 0.15) is 17.0 Å². The second-order valence-corrected chi connectivity index (χ2v) is 6.18. The molecule has 0 amide bonds. The van der Waals surface area contributed by atoms with Crippen LogP contribution in [0.5, 0.6) is 0 Å². The zero-order valence-electron chi connectivity index (χ0n) is 15.5. The van der Waals surface area contributed by atoms with Crippen molar-refractivity contribution in [2.45, 2.75) is 19.9 Å². The average Bonchev–Trinajstić information content (AvgIpc) is 3.15. The summed E-state index contributed by atoms with van der Waals surface area (Å²) in [6.07, 6.45) is 2.29. The third-order valence-electron chi connectivity index (χ3n) is 4.16. The minimum Gasteiger partial charge on any atom is -0.439 e. The Morgan fingerprint density at radius 2 is 1.89 bits per heavy atom. The van der Waals surface area contributed by atoms with Gasteiger partial charge in [-0.15, -0.1) is 0 Å². The van der Waals surface area contributed by atoms with Crippen LogP contribution in [-0.2, 0) is 13.0 Å². The number of nitrogens with one attached hydrogen (secondary N) is 2. The first-order valence-electron chi connectivity index (χ1n) is 8.85. The third-order valence-corrected chi connectivity index (χ3v) is 4.16. The maximum atomic E-state index is 13.6. The number of oxazole rings is 1. The first-order valence-corrected chi connectivity index (χ1v) is 8.85. The molecule has 3 aromatic rings. The Morgan fingerprint density at radius 3 is 2.63 bits per heavy atom. The highest BCUT2D eigenvalue weighted by Gasteiger charge is 2.07. The molecule has 5 nitrogen and oxygen atoms in total. The van der Waals surface area contributed by atoms with E-state index in [2.05, 4.69) is 20.6 Å². The monoisotopic (exact) mass is 366 g/mol. The number of aliphatic imine (C=N–C) groups is 1. The maximum absolute atomic E-state index is 13.6. The predicted molar refractivity (Wildman–Crippen MR) is 105 cm³/mol. The Hall–Kier alpha value is -3.15. The van der Waals surface area contributed by atoms with E-state index >= 15 is 0 Å². The molecule has 0 atom stereocenters. The van der Waals surface area contributed by atoms with Crippen molar-refractivity contribution in [1.82, 2.24) is 15.6 Å². The molecular formula is C21H23FN4O. The van der Waals surface area contributed by atoms with Crippen molar-refractivity contribution in [3.05, 3.63) is 77.6 Å². The van der Waals surface area contributed by atoms with E-state index in [-0.39, 0.29) is 5.82 Å². The summed E-state index contributed by atoms with van der Waals surface area (Å²) in [5.74, 6) is 1.73. The Balaban J connectivity index is 1.49. The van der Waals surface area contributed by atoms with Gasteiger partial charge in [0.15, 0.2) is 11.7 Å². The van der Waals surface area contributed by atoms with Gasteiger partial charge < -0.3 is 15.1 Å². The number of hydrogen-bond acceptors (Lipinski definition) is 3. The van der Waals surface area contributed by atoms with Crippen LogP contribution in [-0.4, -0.2) is 24.5 Å². The quantitative estimate of drug-likeness (QED) is 0.516. The minimum atomic E-state index is -0.189. The van der Waals surface area contributed by atoms with E-state index in [9.17, 15) is 4.39 Å². The van der Waals surface area contributed by atoms with Gasteiger partial charge in [-0.3, -0.25) is 4.99 Å². The van der Waals surface area contributed by atoms with Crippen molar-refractivity contribution < 1.29 is 8.81 Å². The number of nitrogens with zero attached hydrogens (tertiary/aromatic N) is 2. The molecule has 0 saturated carbocycles. The molecule has 140 valence electrons. The largest absolute Gasteiger partial charge is 0.439 e. The number of guanidine groups is 1. The standard InChI is InChI=1S/C21H23FN4O/c1-15-7-9-17(10-8-15)19-13-25-20(27-19)14-26-21(23-2)24-12-11-16-5-3-4-6-18(16)22/h3-10,13H,11-12,14H2,1-2H3,(H2,23,24,26). The van der Waals surface area contributed by atoms with E-state index in [1.54, 1.807) is 25.4 Å². The van der Waals surface area contributed by atoms with Crippen molar-refractivity contribution in [3.8, 4) is 11.3 Å². The highest BCUT2D eigenvalue weighted by atomic mass is 19.1. The number of halogens is 1. The Morgan fingerprint density at radius 1 is 1.11 bits per heavy atom. The SMILES string of the molecule is CN=C(NCCc1ccccc1F)NCc1ncc(-c2ccc(C)cc2)o1. The zero-order chi connectivity index (χ0) is 19.1. The molecule has 27 heavy (non-hydrogen) atoms. The van der Waals surface area contributed by atoms with Gasteiger partial charge in [0, 0.05) is 19.2 Å². The van der Waals surface area contributed by atoms with Crippen LogP contribution in [0, 0.1) is 12.7 Å². The Labute approximate surface area is 158 Å². The highest BCUT2D eigenvalue weighted by Crippen LogP contribution is 2.20. The lowest BCUT2D eigenvalue weighted by Gasteiger charge is -2.10. The molecule has 0 fully saturated rings. The maximum Gasteiger partial charge on any atom is 0.214 e. The molecule has 2 N–H and O–H groups in total. The molecule has 0 saturated heterocycles. The summed E-state index contributed by atoms with van der Waals surface area (Å²) >= 11 is 0. The normalized spacial score (nSPS) is 11.4. The van der Waals surface area contributed by atoms with Crippen molar-refractivity contribution in [3.63, 3.8) is 0 Å². The summed E-state index contributed by atoms with van der Waals surface area (Å²) < 4.78 is 19.4. The molecule has 0 spiro atoms. The van der Waals surface area contributed by atoms with Gasteiger partial charge in [-0.2, -0.15) is 0 Å². The lowest BCUT2D eigenvalue weighted by atomic mass is 10.1. The van der Waals surface area contributed by atoms with Gasteiger partial charge >= 0.3 is 0 Å². The molecule has 0 radical (unpaired) electrons. The third kappa shape index (κ3) is 5.17. The Bertz CT molecular complexity index is 903. The molecule has 2 aromatic carbocycles. The van der Waals surface area contributed by atoms with Crippen LogP contribution in [0.4, 0.5) is 4.39 Å². The number of aryl methyl sites for hydroxylation is 1. The fourth-order valence-corrected chi connectivity index (χ4v) is 2.64.